The van der Waals surface area contributed by atoms with Gasteiger partial charge in [0.1, 0.15) is 0 Å². The minimum absolute atomic E-state index is 0.215. The van der Waals surface area contributed by atoms with E-state index in [1.807, 2.05) is 24.3 Å². The molecule has 1 heterocycles. The van der Waals surface area contributed by atoms with E-state index in [0.717, 1.165) is 6.42 Å². The number of hydrogen-bond acceptors (Lipinski definition) is 3. The summed E-state index contributed by atoms with van der Waals surface area (Å²) in [7, 11) is 0. The van der Waals surface area contributed by atoms with Crippen LogP contribution in [-0.2, 0) is 6.42 Å². The molecule has 1 aliphatic rings. The molecule has 0 aliphatic carbocycles. The van der Waals surface area contributed by atoms with Crippen LogP contribution in [0.25, 0.3) is 0 Å². The molecule has 4 amide bonds. The van der Waals surface area contributed by atoms with Crippen molar-refractivity contribution in [1.82, 2.24) is 4.90 Å². The molecule has 134 valence electrons. The Morgan fingerprint density at radius 1 is 0.923 bits per heavy atom. The summed E-state index contributed by atoms with van der Waals surface area (Å²) >= 11 is 0. The van der Waals surface area contributed by atoms with Crippen molar-refractivity contribution in [2.75, 3.05) is 10.6 Å². The molecule has 1 aliphatic heterocycles. The molecule has 0 radical (unpaired) electrons. The molecule has 0 unspecified atom stereocenters. The van der Waals surface area contributed by atoms with Crippen molar-refractivity contribution >= 4 is 29.2 Å². The zero-order chi connectivity index (χ0) is 18.8. The number of urea groups is 1. The zero-order valence-corrected chi connectivity index (χ0v) is 15.0. The Balaban J connectivity index is 1.73. The third-order valence-corrected chi connectivity index (χ3v) is 4.31. The first kappa shape index (κ1) is 17.7. The average Bonchev–Trinajstić information content (AvgIpc) is 2.86. The lowest BCUT2D eigenvalue weighted by atomic mass is 10.1. The fraction of sp³-hybridized carbons (Fsp3) is 0.250. The fourth-order valence-electron chi connectivity index (χ4n) is 2.92. The molecule has 2 N–H and O–H groups in total. The molecule has 6 nitrogen and oxygen atoms in total. The van der Waals surface area contributed by atoms with Gasteiger partial charge in [-0.3, -0.25) is 14.5 Å². The monoisotopic (exact) mass is 351 g/mol. The van der Waals surface area contributed by atoms with Gasteiger partial charge in [-0.15, -0.1) is 0 Å². The zero-order valence-electron chi connectivity index (χ0n) is 15.0. The summed E-state index contributed by atoms with van der Waals surface area (Å²) in [6, 6.07) is 11.7. The third-order valence-electron chi connectivity index (χ3n) is 4.31. The number of carbonyl (C=O) groups excluding carboxylic acids is 3. The van der Waals surface area contributed by atoms with Gasteiger partial charge in [-0.25, -0.2) is 4.79 Å². The number of fused-ring (bicyclic) bond motifs is 1. The quantitative estimate of drug-likeness (QED) is 0.820. The van der Waals surface area contributed by atoms with Gasteiger partial charge in [-0.05, 0) is 56.2 Å². The number of hydrogen-bond donors (Lipinski definition) is 2. The number of rotatable bonds is 4. The molecule has 0 fully saturated rings. The molecule has 2 aromatic rings. The predicted molar refractivity (Wildman–Crippen MR) is 101 cm³/mol. The summed E-state index contributed by atoms with van der Waals surface area (Å²) in [5, 5.41) is 5.44. The smallest absolute Gasteiger partial charge is 0.308 e. The maximum Gasteiger partial charge on any atom is 0.323 e. The van der Waals surface area contributed by atoms with E-state index in [1.54, 1.807) is 26.0 Å². The van der Waals surface area contributed by atoms with E-state index < -0.39 is 6.03 Å². The Morgan fingerprint density at radius 2 is 1.50 bits per heavy atom. The van der Waals surface area contributed by atoms with Crippen molar-refractivity contribution in [1.29, 1.82) is 0 Å². The molecule has 0 saturated carbocycles. The summed E-state index contributed by atoms with van der Waals surface area (Å²) < 4.78 is 0. The van der Waals surface area contributed by atoms with Crippen LogP contribution in [-0.4, -0.2) is 28.8 Å². The summed E-state index contributed by atoms with van der Waals surface area (Å²) in [6.45, 7) is 5.64. The number of carbonyl (C=O) groups is 3. The van der Waals surface area contributed by atoms with E-state index in [1.165, 1.54) is 16.5 Å². The first-order chi connectivity index (χ1) is 12.4. The Labute approximate surface area is 152 Å². The number of benzene rings is 2. The lowest BCUT2D eigenvalue weighted by Gasteiger charge is -2.17. The van der Waals surface area contributed by atoms with Crippen molar-refractivity contribution in [2.45, 2.75) is 33.2 Å². The molecule has 0 spiro atoms. The van der Waals surface area contributed by atoms with Crippen molar-refractivity contribution in [2.24, 2.45) is 0 Å². The molecule has 6 heteroatoms. The Bertz CT molecular complexity index is 872. The van der Waals surface area contributed by atoms with Crippen LogP contribution in [0.2, 0.25) is 0 Å². The molecule has 0 saturated heterocycles. The summed E-state index contributed by atoms with van der Waals surface area (Å²) in [5.41, 5.74) is 3.00. The van der Waals surface area contributed by atoms with E-state index in [4.69, 9.17) is 0 Å². The second kappa shape index (κ2) is 7.00. The van der Waals surface area contributed by atoms with E-state index >= 15 is 0 Å². The summed E-state index contributed by atoms with van der Waals surface area (Å²) in [6.07, 6.45) is 0.932. The first-order valence-corrected chi connectivity index (χ1v) is 8.59. The second-order valence-electron chi connectivity index (χ2n) is 6.46. The highest BCUT2D eigenvalue weighted by Crippen LogP contribution is 2.27. The molecule has 2 aromatic carbocycles. The predicted octanol–water partition coefficient (Wildman–Crippen LogP) is 3.90. The van der Waals surface area contributed by atoms with Crippen LogP contribution in [0.5, 0.6) is 0 Å². The maximum absolute atomic E-state index is 12.4. The van der Waals surface area contributed by atoms with E-state index in [-0.39, 0.29) is 17.9 Å². The molecular formula is C20H21N3O3. The van der Waals surface area contributed by atoms with Crippen LogP contribution in [0, 0.1) is 0 Å². The second-order valence-corrected chi connectivity index (χ2v) is 6.46. The topological polar surface area (TPSA) is 78.5 Å². The number of anilines is 2. The Morgan fingerprint density at radius 3 is 2.12 bits per heavy atom. The molecule has 0 atom stereocenters. The standard InChI is InChI=1S/C20H21N3O3/c1-4-13-5-7-14(8-6-13)21-20(26)22-15-9-10-16-17(11-15)19(25)23(12(2)3)18(16)24/h5-12H,4H2,1-3H3,(H2,21,22,26). The van der Waals surface area contributed by atoms with Crippen LogP contribution in [0.1, 0.15) is 47.1 Å². The Hall–Kier alpha value is -3.15. The average molecular weight is 351 g/mol. The van der Waals surface area contributed by atoms with Gasteiger partial charge in [0.05, 0.1) is 11.1 Å². The maximum atomic E-state index is 12.4. The van der Waals surface area contributed by atoms with E-state index in [9.17, 15) is 14.4 Å². The van der Waals surface area contributed by atoms with Crippen molar-refractivity contribution in [3.05, 3.63) is 59.2 Å². The highest BCUT2D eigenvalue weighted by Gasteiger charge is 2.37. The van der Waals surface area contributed by atoms with Crippen LogP contribution < -0.4 is 10.6 Å². The number of amides is 4. The van der Waals surface area contributed by atoms with Crippen LogP contribution in [0.4, 0.5) is 16.2 Å². The van der Waals surface area contributed by atoms with Gasteiger partial charge < -0.3 is 10.6 Å². The largest absolute Gasteiger partial charge is 0.323 e. The lowest BCUT2D eigenvalue weighted by molar-refractivity contribution is 0.0609. The minimum atomic E-state index is -0.410. The SMILES string of the molecule is CCc1ccc(NC(=O)Nc2ccc3c(c2)C(=O)N(C(C)C)C3=O)cc1. The molecule has 3 rings (SSSR count). The highest BCUT2D eigenvalue weighted by molar-refractivity contribution is 6.22. The van der Waals surface area contributed by atoms with Gasteiger partial charge in [0.25, 0.3) is 11.8 Å². The number of imide groups is 1. The van der Waals surface area contributed by atoms with Gasteiger partial charge in [-0.1, -0.05) is 19.1 Å². The minimum Gasteiger partial charge on any atom is -0.308 e. The van der Waals surface area contributed by atoms with Gasteiger partial charge >= 0.3 is 6.03 Å². The molecule has 26 heavy (non-hydrogen) atoms. The van der Waals surface area contributed by atoms with Crippen LogP contribution in [0.3, 0.4) is 0 Å². The lowest BCUT2D eigenvalue weighted by Crippen LogP contribution is -2.35. The fourth-order valence-corrected chi connectivity index (χ4v) is 2.92. The van der Waals surface area contributed by atoms with Gasteiger partial charge in [0.15, 0.2) is 0 Å². The number of aryl methyl sites for hydroxylation is 1. The van der Waals surface area contributed by atoms with Gasteiger partial charge in [-0.2, -0.15) is 0 Å². The van der Waals surface area contributed by atoms with E-state index in [2.05, 4.69) is 17.6 Å². The number of nitrogens with zero attached hydrogens (tertiary/aromatic N) is 1. The number of nitrogens with one attached hydrogen (secondary N) is 2. The first-order valence-electron chi connectivity index (χ1n) is 8.59. The summed E-state index contributed by atoms with van der Waals surface area (Å²) in [4.78, 5) is 38.1. The van der Waals surface area contributed by atoms with Crippen LogP contribution in [0.15, 0.2) is 42.5 Å². The Kier molecular flexibility index (Phi) is 4.75. The van der Waals surface area contributed by atoms with Gasteiger partial charge in [0, 0.05) is 17.4 Å². The van der Waals surface area contributed by atoms with E-state index in [0.29, 0.717) is 22.5 Å². The molecular weight excluding hydrogens is 330 g/mol. The molecule has 0 bridgehead atoms. The highest BCUT2D eigenvalue weighted by atomic mass is 16.2. The van der Waals surface area contributed by atoms with Crippen molar-refractivity contribution in [3.8, 4) is 0 Å². The van der Waals surface area contributed by atoms with Crippen molar-refractivity contribution < 1.29 is 14.4 Å². The third kappa shape index (κ3) is 3.31. The van der Waals surface area contributed by atoms with Crippen LogP contribution >= 0.6 is 0 Å². The normalized spacial score (nSPS) is 13.2. The van der Waals surface area contributed by atoms with Gasteiger partial charge in [0.2, 0.25) is 0 Å². The molecule has 0 aromatic heterocycles. The van der Waals surface area contributed by atoms with Crippen molar-refractivity contribution in [3.63, 3.8) is 0 Å². The summed E-state index contributed by atoms with van der Waals surface area (Å²) in [5.74, 6) is -0.633.